The van der Waals surface area contributed by atoms with Gasteiger partial charge in [-0.15, -0.1) is 0 Å². The highest BCUT2D eigenvalue weighted by atomic mass is 16.5. The highest BCUT2D eigenvalue weighted by Crippen LogP contribution is 2.16. The lowest BCUT2D eigenvalue weighted by molar-refractivity contribution is -0.150. The molecule has 0 bridgehead atoms. The van der Waals surface area contributed by atoms with Gasteiger partial charge in [0.2, 0.25) is 5.91 Å². The molecule has 0 aliphatic heterocycles. The van der Waals surface area contributed by atoms with Crippen LogP contribution in [0.15, 0.2) is 12.2 Å². The molecule has 0 aliphatic carbocycles. The van der Waals surface area contributed by atoms with Crippen molar-refractivity contribution in [3.63, 3.8) is 0 Å². The first kappa shape index (κ1) is 35.2. The number of amides is 1. The van der Waals surface area contributed by atoms with E-state index in [-0.39, 0.29) is 24.5 Å². The molecule has 0 aromatic carbocycles. The van der Waals surface area contributed by atoms with Crippen molar-refractivity contribution in [2.75, 3.05) is 6.54 Å². The molecule has 37 heavy (non-hydrogen) atoms. The molecule has 0 rings (SSSR count). The van der Waals surface area contributed by atoms with Crippen LogP contribution in [0, 0.1) is 0 Å². The number of rotatable bonds is 27. The van der Waals surface area contributed by atoms with Gasteiger partial charge in [-0.3, -0.25) is 14.4 Å². The second-order valence-corrected chi connectivity index (χ2v) is 10.4. The molecule has 0 saturated carbocycles. The largest absolute Gasteiger partial charge is 0.480 e. The highest BCUT2D eigenvalue weighted by molar-refractivity contribution is 5.80. The summed E-state index contributed by atoms with van der Waals surface area (Å²) in [6, 6.07) is 0. The molecule has 1 atom stereocenters. The van der Waals surface area contributed by atoms with Crippen LogP contribution in [0.1, 0.15) is 155 Å². The summed E-state index contributed by atoms with van der Waals surface area (Å²) in [6.45, 7) is 4.07. The molecule has 6 heteroatoms. The Morgan fingerprint density at radius 3 is 1.81 bits per heavy atom. The zero-order chi connectivity index (χ0) is 27.4. The van der Waals surface area contributed by atoms with Crippen LogP contribution in [0.3, 0.4) is 0 Å². The van der Waals surface area contributed by atoms with Gasteiger partial charge >= 0.3 is 11.9 Å². The van der Waals surface area contributed by atoms with Crippen molar-refractivity contribution in [1.29, 1.82) is 0 Å². The summed E-state index contributed by atoms with van der Waals surface area (Å²) in [4.78, 5) is 34.4. The van der Waals surface area contributed by atoms with Crippen LogP contribution in [0.2, 0.25) is 0 Å². The number of carbonyl (C=O) groups is 3. The number of ether oxygens (including phenoxy) is 1. The summed E-state index contributed by atoms with van der Waals surface area (Å²) in [5, 5.41) is 11.0. The Morgan fingerprint density at radius 2 is 1.19 bits per heavy atom. The van der Waals surface area contributed by atoms with E-state index in [4.69, 9.17) is 9.84 Å². The van der Waals surface area contributed by atoms with Gasteiger partial charge in [0.15, 0.2) is 0 Å². The van der Waals surface area contributed by atoms with Crippen molar-refractivity contribution in [2.24, 2.45) is 0 Å². The van der Waals surface area contributed by atoms with Crippen LogP contribution in [-0.4, -0.2) is 35.6 Å². The minimum atomic E-state index is -1.03. The Kier molecular flexibility index (Phi) is 25.8. The molecule has 0 saturated heterocycles. The van der Waals surface area contributed by atoms with Crippen molar-refractivity contribution < 1.29 is 24.2 Å². The number of hydrogen-bond donors (Lipinski definition) is 2. The highest BCUT2D eigenvalue weighted by Gasteiger charge is 2.14. The van der Waals surface area contributed by atoms with Crippen molar-refractivity contribution in [3.8, 4) is 0 Å². The maximum absolute atomic E-state index is 12.3. The van der Waals surface area contributed by atoms with E-state index in [0.717, 1.165) is 57.8 Å². The molecule has 1 amide bonds. The lowest BCUT2D eigenvalue weighted by atomic mass is 10.0. The fourth-order valence-corrected chi connectivity index (χ4v) is 4.38. The van der Waals surface area contributed by atoms with Gasteiger partial charge < -0.3 is 15.2 Å². The van der Waals surface area contributed by atoms with Crippen molar-refractivity contribution >= 4 is 17.8 Å². The van der Waals surface area contributed by atoms with Crippen molar-refractivity contribution in [3.05, 3.63) is 12.2 Å². The van der Waals surface area contributed by atoms with Gasteiger partial charge in [0.1, 0.15) is 12.6 Å². The summed E-state index contributed by atoms with van der Waals surface area (Å²) < 4.78 is 5.77. The third-order valence-corrected chi connectivity index (χ3v) is 6.69. The summed E-state index contributed by atoms with van der Waals surface area (Å²) >= 11 is 0. The SMILES string of the molecule is CCCCCCCC/C=C\CCCCCCCC(=O)OC(CCCC)CCCCCC(=O)NCC(=O)O. The minimum absolute atomic E-state index is 0.0311. The predicted molar refractivity (Wildman–Crippen MR) is 153 cm³/mol. The van der Waals surface area contributed by atoms with E-state index >= 15 is 0 Å². The predicted octanol–water partition coefficient (Wildman–Crippen LogP) is 8.28. The zero-order valence-corrected chi connectivity index (χ0v) is 24.1. The first-order chi connectivity index (χ1) is 18.0. The van der Waals surface area contributed by atoms with Crippen LogP contribution in [0.25, 0.3) is 0 Å². The van der Waals surface area contributed by atoms with Crippen molar-refractivity contribution in [2.45, 2.75) is 161 Å². The van der Waals surface area contributed by atoms with E-state index in [0.29, 0.717) is 12.8 Å². The summed E-state index contributed by atoms with van der Waals surface area (Å²) in [7, 11) is 0. The van der Waals surface area contributed by atoms with E-state index < -0.39 is 5.97 Å². The topological polar surface area (TPSA) is 92.7 Å². The van der Waals surface area contributed by atoms with Crippen LogP contribution in [0.5, 0.6) is 0 Å². The summed E-state index contributed by atoms with van der Waals surface area (Å²) in [5.41, 5.74) is 0. The second-order valence-electron chi connectivity index (χ2n) is 10.4. The molecule has 216 valence electrons. The number of allylic oxidation sites excluding steroid dienone is 2. The third kappa shape index (κ3) is 27.0. The number of esters is 1. The number of carboxylic acid groups (broad SMARTS) is 1. The standard InChI is InChI=1S/C31H57NO5/c1-3-5-7-8-9-10-11-12-13-14-15-16-17-18-22-26-31(36)37-28(23-6-4-2)24-20-19-21-25-29(33)32-27-30(34)35/h12-13,28H,3-11,14-27H2,1-2H3,(H,32,33)(H,34,35)/b13-12-. The maximum atomic E-state index is 12.3. The average Bonchev–Trinajstić information content (AvgIpc) is 2.87. The van der Waals surface area contributed by atoms with Gasteiger partial charge in [-0.1, -0.05) is 96.6 Å². The maximum Gasteiger partial charge on any atom is 0.322 e. The number of carboxylic acids is 1. The Balaban J connectivity index is 3.77. The molecular formula is C31H57NO5. The first-order valence-electron chi connectivity index (χ1n) is 15.3. The van der Waals surface area contributed by atoms with Gasteiger partial charge in [0, 0.05) is 12.8 Å². The molecule has 6 nitrogen and oxygen atoms in total. The fraction of sp³-hybridized carbons (Fsp3) is 0.839. The van der Waals surface area contributed by atoms with E-state index in [1.54, 1.807) is 0 Å². The van der Waals surface area contributed by atoms with Gasteiger partial charge in [0.05, 0.1) is 0 Å². The lowest BCUT2D eigenvalue weighted by Crippen LogP contribution is -2.28. The molecule has 0 aliphatic rings. The number of hydrogen-bond acceptors (Lipinski definition) is 4. The monoisotopic (exact) mass is 523 g/mol. The van der Waals surface area contributed by atoms with Crippen LogP contribution < -0.4 is 5.32 Å². The van der Waals surface area contributed by atoms with Crippen molar-refractivity contribution in [1.82, 2.24) is 5.32 Å². The molecule has 0 aromatic heterocycles. The second kappa shape index (κ2) is 27.2. The molecule has 1 unspecified atom stereocenters. The van der Waals surface area contributed by atoms with E-state index in [1.807, 2.05) is 0 Å². The number of aliphatic carboxylic acids is 1. The molecule has 0 spiro atoms. The van der Waals surface area contributed by atoms with E-state index in [9.17, 15) is 14.4 Å². The number of carbonyl (C=O) groups excluding carboxylic acids is 2. The Morgan fingerprint density at radius 1 is 0.676 bits per heavy atom. The minimum Gasteiger partial charge on any atom is -0.480 e. The van der Waals surface area contributed by atoms with Gasteiger partial charge in [-0.05, 0) is 57.8 Å². The van der Waals surface area contributed by atoms with Gasteiger partial charge in [-0.2, -0.15) is 0 Å². The molecular weight excluding hydrogens is 466 g/mol. The molecule has 0 aromatic rings. The normalized spacial score (nSPS) is 12.1. The molecule has 2 N–H and O–H groups in total. The molecule has 0 radical (unpaired) electrons. The first-order valence-corrected chi connectivity index (χ1v) is 15.3. The van der Waals surface area contributed by atoms with Crippen LogP contribution >= 0.6 is 0 Å². The summed E-state index contributed by atoms with van der Waals surface area (Å²) in [5.74, 6) is -1.33. The zero-order valence-electron chi connectivity index (χ0n) is 24.1. The molecule has 0 heterocycles. The number of nitrogens with one attached hydrogen (secondary N) is 1. The smallest absolute Gasteiger partial charge is 0.322 e. The van der Waals surface area contributed by atoms with Crippen LogP contribution in [-0.2, 0) is 19.1 Å². The van der Waals surface area contributed by atoms with Gasteiger partial charge in [0.25, 0.3) is 0 Å². The molecule has 0 fully saturated rings. The summed E-state index contributed by atoms with van der Waals surface area (Å²) in [6.07, 6.45) is 28.0. The Labute approximate surface area is 227 Å². The fourth-order valence-electron chi connectivity index (χ4n) is 4.38. The van der Waals surface area contributed by atoms with E-state index in [1.165, 1.54) is 70.6 Å². The quantitative estimate of drug-likeness (QED) is 0.0642. The van der Waals surface area contributed by atoms with Crippen LogP contribution in [0.4, 0.5) is 0 Å². The third-order valence-electron chi connectivity index (χ3n) is 6.69. The number of unbranched alkanes of at least 4 members (excludes halogenated alkanes) is 14. The van der Waals surface area contributed by atoms with Gasteiger partial charge in [-0.25, -0.2) is 0 Å². The average molecular weight is 524 g/mol. The van der Waals surface area contributed by atoms with E-state index in [2.05, 4.69) is 31.3 Å². The lowest BCUT2D eigenvalue weighted by Gasteiger charge is -2.18. The Hall–Kier alpha value is -1.85. The Bertz CT molecular complexity index is 590.